The highest BCUT2D eigenvalue weighted by Crippen LogP contribution is 2.30. The van der Waals surface area contributed by atoms with Crippen LogP contribution in [0.2, 0.25) is 0 Å². The van der Waals surface area contributed by atoms with Crippen molar-refractivity contribution in [3.05, 3.63) is 47.9 Å². The molecular weight excluding hydrogens is 284 g/mol. The van der Waals surface area contributed by atoms with E-state index in [1.54, 1.807) is 14.0 Å². The Kier molecular flexibility index (Phi) is 5.61. The van der Waals surface area contributed by atoms with Crippen molar-refractivity contribution in [1.82, 2.24) is 0 Å². The molecule has 1 aromatic carbocycles. The molecule has 5 heteroatoms. The normalized spacial score (nSPS) is 13.1. The lowest BCUT2D eigenvalue weighted by Crippen LogP contribution is -2.06. The average molecular weight is 304 g/mol. The van der Waals surface area contributed by atoms with Crippen LogP contribution in [0.4, 0.5) is 0 Å². The molecule has 1 heterocycles. The van der Waals surface area contributed by atoms with Gasteiger partial charge in [-0.05, 0) is 19.1 Å². The first-order valence-corrected chi connectivity index (χ1v) is 7.10. The third-order valence-electron chi connectivity index (χ3n) is 3.26. The number of hydrogen-bond acceptors (Lipinski definition) is 5. The number of ether oxygens (including phenoxy) is 3. The van der Waals surface area contributed by atoms with Crippen molar-refractivity contribution in [3.63, 3.8) is 0 Å². The van der Waals surface area contributed by atoms with Crippen molar-refractivity contribution >= 4 is 16.9 Å². The summed E-state index contributed by atoms with van der Waals surface area (Å²) in [7, 11) is 3.10. The minimum absolute atomic E-state index is 0.323. The van der Waals surface area contributed by atoms with Gasteiger partial charge in [0.25, 0.3) is 0 Å². The van der Waals surface area contributed by atoms with E-state index in [1.165, 1.54) is 13.2 Å². The lowest BCUT2D eigenvalue weighted by atomic mass is 10.1. The van der Waals surface area contributed by atoms with Gasteiger partial charge in [0.2, 0.25) is 0 Å². The third kappa shape index (κ3) is 3.89. The van der Waals surface area contributed by atoms with E-state index in [4.69, 9.17) is 18.6 Å². The maximum absolute atomic E-state index is 11.5. The van der Waals surface area contributed by atoms with Crippen molar-refractivity contribution in [2.24, 2.45) is 0 Å². The highest BCUT2D eigenvalue weighted by Gasteiger charge is 2.19. The molecule has 0 aliphatic rings. The monoisotopic (exact) mass is 304 g/mol. The molecule has 1 aromatic heterocycles. The zero-order chi connectivity index (χ0) is 15.9. The van der Waals surface area contributed by atoms with Crippen molar-refractivity contribution in [2.75, 3.05) is 20.8 Å². The number of carbonyl (C=O) groups excluding carboxylic acids is 1. The standard InChI is InChI=1S/C17H20O5/c1-4-21-17(18)11-13(19-2)10-15(20-3)16-9-12-7-5-6-8-14(12)22-16/h5-9,11,15H,4,10H2,1-3H3/b13-11+. The van der Waals surface area contributed by atoms with Gasteiger partial charge in [-0.25, -0.2) is 4.79 Å². The van der Waals surface area contributed by atoms with Crippen LogP contribution in [0, 0.1) is 0 Å². The van der Waals surface area contributed by atoms with Crippen LogP contribution in [0.1, 0.15) is 25.2 Å². The SMILES string of the molecule is CCOC(=O)/C=C(\CC(OC)c1cc2ccccc2o1)OC. The van der Waals surface area contributed by atoms with Crippen molar-refractivity contribution < 1.29 is 23.4 Å². The number of fused-ring (bicyclic) bond motifs is 1. The largest absolute Gasteiger partial charge is 0.501 e. The fourth-order valence-corrected chi connectivity index (χ4v) is 2.16. The molecule has 0 amide bonds. The van der Waals surface area contributed by atoms with Crippen LogP contribution in [0.3, 0.4) is 0 Å². The Morgan fingerprint density at radius 1 is 1.32 bits per heavy atom. The second-order valence-electron chi connectivity index (χ2n) is 4.68. The molecule has 118 valence electrons. The van der Waals surface area contributed by atoms with Gasteiger partial charge >= 0.3 is 5.97 Å². The number of rotatable bonds is 7. The summed E-state index contributed by atoms with van der Waals surface area (Å²) in [6.07, 6.45) is 1.37. The molecule has 0 radical (unpaired) electrons. The van der Waals surface area contributed by atoms with Crippen LogP contribution in [0.15, 0.2) is 46.6 Å². The van der Waals surface area contributed by atoms with E-state index in [9.17, 15) is 4.79 Å². The van der Waals surface area contributed by atoms with Gasteiger partial charge in [0.05, 0.1) is 19.8 Å². The molecule has 0 bridgehead atoms. The van der Waals surface area contributed by atoms with Crippen LogP contribution >= 0.6 is 0 Å². The summed E-state index contributed by atoms with van der Waals surface area (Å²) < 4.78 is 21.4. The van der Waals surface area contributed by atoms with Gasteiger partial charge in [0.1, 0.15) is 23.2 Å². The van der Waals surface area contributed by atoms with Crippen LogP contribution in [0.25, 0.3) is 11.0 Å². The van der Waals surface area contributed by atoms with Gasteiger partial charge in [0.15, 0.2) is 0 Å². The predicted octanol–water partition coefficient (Wildman–Crippen LogP) is 3.60. The number of esters is 1. The molecule has 1 atom stereocenters. The van der Waals surface area contributed by atoms with Crippen LogP contribution < -0.4 is 0 Å². The predicted molar refractivity (Wildman–Crippen MR) is 82.3 cm³/mol. The first-order chi connectivity index (χ1) is 10.7. The number of methoxy groups -OCH3 is 2. The summed E-state index contributed by atoms with van der Waals surface area (Å²) in [6, 6.07) is 9.67. The minimum Gasteiger partial charge on any atom is -0.501 e. The molecule has 22 heavy (non-hydrogen) atoms. The summed E-state index contributed by atoms with van der Waals surface area (Å²) >= 11 is 0. The summed E-state index contributed by atoms with van der Waals surface area (Å²) in [5.41, 5.74) is 0.799. The first-order valence-electron chi connectivity index (χ1n) is 7.10. The second-order valence-corrected chi connectivity index (χ2v) is 4.68. The fourth-order valence-electron chi connectivity index (χ4n) is 2.16. The summed E-state index contributed by atoms with van der Waals surface area (Å²) in [5, 5.41) is 1.01. The molecule has 0 aliphatic carbocycles. The third-order valence-corrected chi connectivity index (χ3v) is 3.26. The maximum atomic E-state index is 11.5. The molecule has 2 aromatic rings. The van der Waals surface area contributed by atoms with E-state index >= 15 is 0 Å². The van der Waals surface area contributed by atoms with E-state index in [1.807, 2.05) is 30.3 Å². The Balaban J connectivity index is 2.18. The highest BCUT2D eigenvalue weighted by atomic mass is 16.5. The summed E-state index contributed by atoms with van der Waals surface area (Å²) in [4.78, 5) is 11.5. The smallest absolute Gasteiger partial charge is 0.334 e. The number of benzene rings is 1. The molecule has 2 rings (SSSR count). The molecule has 0 saturated heterocycles. The van der Waals surface area contributed by atoms with Crippen LogP contribution in [0.5, 0.6) is 0 Å². The molecule has 0 fully saturated rings. The van der Waals surface area contributed by atoms with Gasteiger partial charge in [0, 0.05) is 18.9 Å². The van der Waals surface area contributed by atoms with Crippen molar-refractivity contribution in [2.45, 2.75) is 19.4 Å². The van der Waals surface area contributed by atoms with Gasteiger partial charge in [-0.1, -0.05) is 18.2 Å². The Labute approximate surface area is 129 Å². The topological polar surface area (TPSA) is 57.9 Å². The first kappa shape index (κ1) is 16.1. The molecule has 0 saturated carbocycles. The lowest BCUT2D eigenvalue weighted by molar-refractivity contribution is -0.137. The van der Waals surface area contributed by atoms with Crippen LogP contribution in [-0.2, 0) is 19.0 Å². The highest BCUT2D eigenvalue weighted by molar-refractivity contribution is 5.82. The Morgan fingerprint density at radius 3 is 2.73 bits per heavy atom. The maximum Gasteiger partial charge on any atom is 0.334 e. The second kappa shape index (κ2) is 7.66. The fraction of sp³-hybridized carbons (Fsp3) is 0.353. The summed E-state index contributed by atoms with van der Waals surface area (Å²) in [6.45, 7) is 2.08. The van der Waals surface area contributed by atoms with Crippen molar-refractivity contribution in [1.29, 1.82) is 0 Å². The molecule has 0 aliphatic heterocycles. The number of para-hydroxylation sites is 1. The van der Waals surface area contributed by atoms with E-state index in [0.717, 1.165) is 11.0 Å². The van der Waals surface area contributed by atoms with E-state index in [-0.39, 0.29) is 6.10 Å². The van der Waals surface area contributed by atoms with E-state index < -0.39 is 5.97 Å². The number of hydrogen-bond donors (Lipinski definition) is 0. The molecular formula is C17H20O5. The molecule has 0 spiro atoms. The van der Waals surface area contributed by atoms with Crippen molar-refractivity contribution in [3.8, 4) is 0 Å². The van der Waals surface area contributed by atoms with E-state index in [0.29, 0.717) is 24.5 Å². The van der Waals surface area contributed by atoms with Gasteiger partial charge in [-0.2, -0.15) is 0 Å². The zero-order valence-corrected chi connectivity index (χ0v) is 13.0. The zero-order valence-electron chi connectivity index (χ0n) is 13.0. The van der Waals surface area contributed by atoms with Gasteiger partial charge < -0.3 is 18.6 Å². The lowest BCUT2D eigenvalue weighted by Gasteiger charge is -2.14. The Bertz CT molecular complexity index is 623. The Hall–Kier alpha value is -2.27. The summed E-state index contributed by atoms with van der Waals surface area (Å²) in [5.74, 6) is 0.736. The number of carbonyl (C=O) groups is 1. The van der Waals surface area contributed by atoms with Gasteiger partial charge in [-0.3, -0.25) is 0 Å². The van der Waals surface area contributed by atoms with Gasteiger partial charge in [-0.15, -0.1) is 0 Å². The molecule has 5 nitrogen and oxygen atoms in total. The minimum atomic E-state index is -0.432. The average Bonchev–Trinajstić information content (AvgIpc) is 2.95. The molecule has 0 N–H and O–H groups in total. The quantitative estimate of drug-likeness (QED) is 0.444. The number of furan rings is 1. The van der Waals surface area contributed by atoms with Crippen LogP contribution in [-0.4, -0.2) is 26.8 Å². The molecule has 1 unspecified atom stereocenters. The Morgan fingerprint density at radius 2 is 2.09 bits per heavy atom. The van der Waals surface area contributed by atoms with E-state index in [2.05, 4.69) is 0 Å².